The van der Waals surface area contributed by atoms with Gasteiger partial charge in [0.25, 0.3) is 0 Å². The van der Waals surface area contributed by atoms with Crippen molar-refractivity contribution in [1.82, 2.24) is 14.8 Å². The number of nitrogens with one attached hydrogen (secondary N) is 1. The summed E-state index contributed by atoms with van der Waals surface area (Å²) < 4.78 is 2.65. The molecule has 3 N–H and O–H groups in total. The summed E-state index contributed by atoms with van der Waals surface area (Å²) in [7, 11) is 0. The standard InChI is InChI=1S/C21H20BrN5O/c1-11-7-8-15(9-12(11)2)20-25-21-24-13(3)17(19(23)28)18(27(21)26-20)14-5-4-6-16(22)10-14/h4-10,18H,1-3H3,(H2,23,28)(H,24,25,26). The van der Waals surface area contributed by atoms with E-state index in [1.54, 1.807) is 4.68 Å². The second-order valence-corrected chi connectivity index (χ2v) is 7.90. The van der Waals surface area contributed by atoms with Gasteiger partial charge < -0.3 is 11.1 Å². The summed E-state index contributed by atoms with van der Waals surface area (Å²) in [4.78, 5) is 16.9. The number of hydrogen-bond acceptors (Lipinski definition) is 4. The molecule has 3 aromatic rings. The first-order valence-electron chi connectivity index (χ1n) is 8.92. The molecule has 1 aliphatic heterocycles. The highest BCUT2D eigenvalue weighted by Gasteiger charge is 2.33. The average Bonchev–Trinajstić information content (AvgIpc) is 3.06. The molecule has 142 valence electrons. The zero-order chi connectivity index (χ0) is 20.0. The molecule has 2 aromatic carbocycles. The molecule has 7 heteroatoms. The van der Waals surface area contributed by atoms with Crippen LogP contribution in [0.1, 0.15) is 29.7 Å². The lowest BCUT2D eigenvalue weighted by molar-refractivity contribution is -0.115. The van der Waals surface area contributed by atoms with Crippen molar-refractivity contribution >= 4 is 27.8 Å². The van der Waals surface area contributed by atoms with E-state index in [2.05, 4.69) is 52.2 Å². The summed E-state index contributed by atoms with van der Waals surface area (Å²) in [6.07, 6.45) is 0. The highest BCUT2D eigenvalue weighted by molar-refractivity contribution is 9.10. The van der Waals surface area contributed by atoms with E-state index in [0.29, 0.717) is 23.0 Å². The van der Waals surface area contributed by atoms with Gasteiger partial charge in [-0.05, 0) is 55.7 Å². The van der Waals surface area contributed by atoms with Crippen molar-refractivity contribution in [1.29, 1.82) is 0 Å². The minimum absolute atomic E-state index is 0.445. The fraction of sp³-hybridized carbons (Fsp3) is 0.190. The maximum Gasteiger partial charge on any atom is 0.248 e. The normalized spacial score (nSPS) is 15.9. The molecule has 2 heterocycles. The first-order valence-corrected chi connectivity index (χ1v) is 9.71. The number of halogens is 1. The molecule has 0 saturated heterocycles. The van der Waals surface area contributed by atoms with E-state index in [1.165, 1.54) is 11.1 Å². The van der Waals surface area contributed by atoms with Crippen molar-refractivity contribution in [2.24, 2.45) is 5.73 Å². The molecule has 28 heavy (non-hydrogen) atoms. The lowest BCUT2D eigenvalue weighted by atomic mass is 9.95. The van der Waals surface area contributed by atoms with Crippen LogP contribution in [0.3, 0.4) is 0 Å². The first kappa shape index (κ1) is 18.4. The molecule has 1 aromatic heterocycles. The number of allylic oxidation sites excluding steroid dienone is 1. The quantitative estimate of drug-likeness (QED) is 0.645. The Morgan fingerprint density at radius 2 is 1.93 bits per heavy atom. The Morgan fingerprint density at radius 3 is 2.61 bits per heavy atom. The van der Waals surface area contributed by atoms with Gasteiger partial charge in [-0.3, -0.25) is 4.79 Å². The second-order valence-electron chi connectivity index (χ2n) is 6.99. The number of carbonyl (C=O) groups is 1. The second kappa shape index (κ2) is 6.91. The third-order valence-corrected chi connectivity index (χ3v) is 5.54. The van der Waals surface area contributed by atoms with Gasteiger partial charge in [-0.1, -0.05) is 40.2 Å². The van der Waals surface area contributed by atoms with Gasteiger partial charge in [-0.15, -0.1) is 5.10 Å². The lowest BCUT2D eigenvalue weighted by Gasteiger charge is -2.27. The molecule has 0 bridgehead atoms. The summed E-state index contributed by atoms with van der Waals surface area (Å²) in [6.45, 7) is 5.97. The monoisotopic (exact) mass is 437 g/mol. The van der Waals surface area contributed by atoms with Gasteiger partial charge in [0.1, 0.15) is 6.04 Å². The number of fused-ring (bicyclic) bond motifs is 1. The van der Waals surface area contributed by atoms with E-state index in [0.717, 1.165) is 15.6 Å². The number of carbonyl (C=O) groups excluding carboxylic acids is 1. The van der Waals surface area contributed by atoms with Gasteiger partial charge in [-0.2, -0.15) is 4.98 Å². The van der Waals surface area contributed by atoms with Crippen LogP contribution >= 0.6 is 15.9 Å². The maximum atomic E-state index is 12.3. The zero-order valence-corrected chi connectivity index (χ0v) is 17.4. The first-order chi connectivity index (χ1) is 13.3. The van der Waals surface area contributed by atoms with Gasteiger partial charge in [0.15, 0.2) is 5.82 Å². The number of benzene rings is 2. The third-order valence-electron chi connectivity index (χ3n) is 5.05. The molecule has 0 fully saturated rings. The number of nitrogens with zero attached hydrogens (tertiary/aromatic N) is 3. The SMILES string of the molecule is CC1=C(C(N)=O)C(c2cccc(Br)c2)n2nc(-c3ccc(C)c(C)c3)nc2N1. The van der Waals surface area contributed by atoms with Crippen LogP contribution in [0.15, 0.2) is 58.2 Å². The van der Waals surface area contributed by atoms with Crippen molar-refractivity contribution < 1.29 is 4.79 Å². The molecule has 6 nitrogen and oxygen atoms in total. The lowest BCUT2D eigenvalue weighted by Crippen LogP contribution is -2.31. The van der Waals surface area contributed by atoms with E-state index in [1.807, 2.05) is 37.3 Å². The van der Waals surface area contributed by atoms with Crippen LogP contribution in [0.5, 0.6) is 0 Å². The Labute approximate surface area is 171 Å². The molecule has 1 atom stereocenters. The molecule has 1 aliphatic rings. The highest BCUT2D eigenvalue weighted by Crippen LogP contribution is 2.36. The molecule has 1 unspecified atom stereocenters. The third kappa shape index (κ3) is 3.11. The smallest absolute Gasteiger partial charge is 0.248 e. The van der Waals surface area contributed by atoms with Crippen molar-refractivity contribution in [3.05, 3.63) is 74.9 Å². The van der Waals surface area contributed by atoms with Gasteiger partial charge in [-0.25, -0.2) is 4.68 Å². The van der Waals surface area contributed by atoms with Crippen molar-refractivity contribution in [3.63, 3.8) is 0 Å². The number of aromatic nitrogens is 3. The largest absolute Gasteiger partial charge is 0.366 e. The summed E-state index contributed by atoms with van der Waals surface area (Å²) in [5, 5.41) is 7.91. The van der Waals surface area contributed by atoms with E-state index in [9.17, 15) is 4.79 Å². The number of aryl methyl sites for hydroxylation is 2. The highest BCUT2D eigenvalue weighted by atomic mass is 79.9. The van der Waals surface area contributed by atoms with Crippen LogP contribution in [0.4, 0.5) is 5.95 Å². The Bertz CT molecular complexity index is 1130. The van der Waals surface area contributed by atoms with E-state index in [-0.39, 0.29) is 0 Å². The number of hydrogen-bond donors (Lipinski definition) is 2. The van der Waals surface area contributed by atoms with Gasteiger partial charge in [0.2, 0.25) is 11.9 Å². The Kier molecular flexibility index (Phi) is 4.55. The molecule has 1 amide bonds. The molecule has 0 aliphatic carbocycles. The van der Waals surface area contributed by atoms with Crippen LogP contribution in [-0.2, 0) is 4.79 Å². The van der Waals surface area contributed by atoms with E-state index in [4.69, 9.17) is 10.8 Å². The Balaban J connectivity index is 1.89. The topological polar surface area (TPSA) is 85.8 Å². The number of amides is 1. The van der Waals surface area contributed by atoms with Gasteiger partial charge >= 0.3 is 0 Å². The summed E-state index contributed by atoms with van der Waals surface area (Å²) in [5.41, 5.74) is 11.1. The number of nitrogens with two attached hydrogens (primary N) is 1. The average molecular weight is 438 g/mol. The number of anilines is 1. The van der Waals surface area contributed by atoms with Gasteiger partial charge in [0.05, 0.1) is 5.57 Å². The molecular weight excluding hydrogens is 418 g/mol. The minimum atomic E-state index is -0.483. The van der Waals surface area contributed by atoms with Crippen molar-refractivity contribution in [3.8, 4) is 11.4 Å². The summed E-state index contributed by atoms with van der Waals surface area (Å²) >= 11 is 3.50. The summed E-state index contributed by atoms with van der Waals surface area (Å²) in [6, 6.07) is 13.5. The number of primary amides is 1. The Morgan fingerprint density at radius 1 is 1.14 bits per heavy atom. The predicted molar refractivity (Wildman–Crippen MR) is 113 cm³/mol. The molecule has 0 saturated carbocycles. The van der Waals surface area contributed by atoms with E-state index >= 15 is 0 Å². The zero-order valence-electron chi connectivity index (χ0n) is 15.8. The summed E-state index contributed by atoms with van der Waals surface area (Å²) in [5.74, 6) is 0.702. The maximum absolute atomic E-state index is 12.3. The van der Waals surface area contributed by atoms with Crippen molar-refractivity contribution in [2.45, 2.75) is 26.8 Å². The van der Waals surface area contributed by atoms with E-state index < -0.39 is 11.9 Å². The van der Waals surface area contributed by atoms with Crippen molar-refractivity contribution in [2.75, 3.05) is 5.32 Å². The Hall–Kier alpha value is -2.93. The molecular formula is C21H20BrN5O. The van der Waals surface area contributed by atoms with Gasteiger partial charge in [0, 0.05) is 15.7 Å². The van der Waals surface area contributed by atoms with Crippen LogP contribution < -0.4 is 11.1 Å². The molecule has 0 radical (unpaired) electrons. The van der Waals surface area contributed by atoms with Crippen LogP contribution in [0.2, 0.25) is 0 Å². The fourth-order valence-corrected chi connectivity index (χ4v) is 3.87. The molecule has 0 spiro atoms. The predicted octanol–water partition coefficient (Wildman–Crippen LogP) is 4.10. The number of rotatable bonds is 3. The van der Waals surface area contributed by atoms with Crippen LogP contribution in [-0.4, -0.2) is 20.7 Å². The molecule has 4 rings (SSSR count). The van der Waals surface area contributed by atoms with Crippen LogP contribution in [0.25, 0.3) is 11.4 Å². The fourth-order valence-electron chi connectivity index (χ4n) is 3.46. The minimum Gasteiger partial charge on any atom is -0.366 e. The van der Waals surface area contributed by atoms with Crippen LogP contribution in [0, 0.1) is 13.8 Å².